The number of anilines is 1. The summed E-state index contributed by atoms with van der Waals surface area (Å²) in [4.78, 5) is 34.6. The molecule has 0 saturated heterocycles. The van der Waals surface area contributed by atoms with Crippen LogP contribution in [0.3, 0.4) is 0 Å². The summed E-state index contributed by atoms with van der Waals surface area (Å²) in [6.45, 7) is 4.87. The third-order valence-electron chi connectivity index (χ3n) is 5.32. The van der Waals surface area contributed by atoms with Crippen LogP contribution in [0.5, 0.6) is 0 Å². The average molecular weight is 484 g/mol. The van der Waals surface area contributed by atoms with Crippen molar-refractivity contribution >= 4 is 33.0 Å². The molecule has 3 aromatic rings. The van der Waals surface area contributed by atoms with Crippen molar-refractivity contribution in [1.29, 1.82) is 0 Å². The summed E-state index contributed by atoms with van der Waals surface area (Å²) in [5.74, 6) is -1.16. The fraction of sp³-hybridized carbons (Fsp3) is 0.174. The Morgan fingerprint density at radius 3 is 1.82 bits per heavy atom. The second-order valence-corrected chi connectivity index (χ2v) is 9.35. The number of hydrogen-bond acceptors (Lipinski definition) is 7. The van der Waals surface area contributed by atoms with Crippen molar-refractivity contribution in [2.75, 3.05) is 4.31 Å². The first-order chi connectivity index (χ1) is 16.0. The number of nitrogens with zero attached hydrogens (tertiary/aromatic N) is 3. The highest BCUT2D eigenvalue weighted by Crippen LogP contribution is 2.32. The fourth-order valence-corrected chi connectivity index (χ4v) is 4.77. The van der Waals surface area contributed by atoms with E-state index in [-0.39, 0.29) is 16.1 Å². The van der Waals surface area contributed by atoms with Crippen LogP contribution in [0, 0.1) is 34.1 Å². The number of carbonyl (C=O) groups is 1. The summed E-state index contributed by atoms with van der Waals surface area (Å²) in [6, 6.07) is 13.7. The Kier molecular flexibility index (Phi) is 6.78. The Morgan fingerprint density at radius 2 is 1.38 bits per heavy atom. The SMILES string of the molecule is CCc1ccc(N(C(=O)c2cc([N+](=O)[O-])c(C)c([N+](=O)[O-])c2)S(=O)(=O)c2ccc(C)cc2)cc1. The standard InChI is InChI=1S/C23H21N3O7S/c1-4-17-7-9-19(10-8-17)24(34(32,33)20-11-5-15(2)6-12-20)23(27)18-13-21(25(28)29)16(3)22(14-18)26(30)31/h5-14H,4H2,1-3H3. The number of sulfonamides is 1. The minimum absolute atomic E-state index is 0.00587. The van der Waals surface area contributed by atoms with Crippen LogP contribution in [0.1, 0.15) is 34.0 Å². The van der Waals surface area contributed by atoms with E-state index in [9.17, 15) is 33.4 Å². The van der Waals surface area contributed by atoms with E-state index >= 15 is 0 Å². The molecule has 3 aromatic carbocycles. The Morgan fingerprint density at radius 1 is 0.882 bits per heavy atom. The zero-order valence-electron chi connectivity index (χ0n) is 18.6. The highest BCUT2D eigenvalue weighted by molar-refractivity contribution is 7.93. The number of carbonyl (C=O) groups excluding carboxylic acids is 1. The third kappa shape index (κ3) is 4.64. The molecule has 1 amide bonds. The van der Waals surface area contributed by atoms with Crippen LogP contribution in [0.15, 0.2) is 65.6 Å². The summed E-state index contributed by atoms with van der Waals surface area (Å²) in [5, 5.41) is 22.9. The first-order valence-electron chi connectivity index (χ1n) is 10.2. The molecule has 3 rings (SSSR count). The normalized spacial score (nSPS) is 11.1. The Labute approximate surface area is 195 Å². The van der Waals surface area contributed by atoms with Gasteiger partial charge in [-0.25, -0.2) is 8.42 Å². The summed E-state index contributed by atoms with van der Waals surface area (Å²) in [7, 11) is -4.47. The smallest absolute Gasteiger partial charge is 0.268 e. The molecule has 0 radical (unpaired) electrons. The van der Waals surface area contributed by atoms with Gasteiger partial charge in [0.2, 0.25) is 0 Å². The molecule has 0 aliphatic rings. The third-order valence-corrected chi connectivity index (χ3v) is 7.04. The van der Waals surface area contributed by atoms with Crippen LogP contribution in [0.4, 0.5) is 17.1 Å². The molecule has 0 saturated carbocycles. The lowest BCUT2D eigenvalue weighted by atomic mass is 10.1. The first-order valence-corrected chi connectivity index (χ1v) is 11.6. The van der Waals surface area contributed by atoms with Crippen molar-refractivity contribution < 1.29 is 23.1 Å². The fourth-order valence-electron chi connectivity index (χ4n) is 3.35. The molecule has 0 unspecified atom stereocenters. The zero-order valence-corrected chi connectivity index (χ0v) is 19.4. The lowest BCUT2D eigenvalue weighted by molar-refractivity contribution is -0.395. The van der Waals surface area contributed by atoms with E-state index in [0.29, 0.717) is 10.7 Å². The largest absolute Gasteiger partial charge is 0.279 e. The van der Waals surface area contributed by atoms with Gasteiger partial charge in [0.1, 0.15) is 5.56 Å². The predicted octanol–water partition coefficient (Wildman–Crippen LogP) is 4.72. The number of rotatable bonds is 7. The number of hydrogen-bond donors (Lipinski definition) is 0. The summed E-state index contributed by atoms with van der Waals surface area (Å²) < 4.78 is 27.6. The quantitative estimate of drug-likeness (QED) is 0.350. The molecular formula is C23H21N3O7S. The maximum atomic E-state index is 13.6. The zero-order chi connectivity index (χ0) is 25.2. The van der Waals surface area contributed by atoms with Gasteiger partial charge in [0.25, 0.3) is 27.3 Å². The van der Waals surface area contributed by atoms with Gasteiger partial charge < -0.3 is 0 Å². The van der Waals surface area contributed by atoms with Crippen LogP contribution < -0.4 is 4.31 Å². The van der Waals surface area contributed by atoms with E-state index in [0.717, 1.165) is 23.3 Å². The molecule has 0 bridgehead atoms. The van der Waals surface area contributed by atoms with Gasteiger partial charge in [0.05, 0.1) is 26.0 Å². The van der Waals surface area contributed by atoms with Gasteiger partial charge in [-0.05, 0) is 50.1 Å². The van der Waals surface area contributed by atoms with Gasteiger partial charge in [-0.2, -0.15) is 4.31 Å². The molecule has 0 aromatic heterocycles. The predicted molar refractivity (Wildman–Crippen MR) is 125 cm³/mol. The minimum Gasteiger partial charge on any atom is -0.268 e. The molecule has 10 nitrogen and oxygen atoms in total. The molecule has 0 spiro atoms. The van der Waals surface area contributed by atoms with Crippen molar-refractivity contribution in [2.24, 2.45) is 0 Å². The van der Waals surface area contributed by atoms with Gasteiger partial charge in [-0.15, -0.1) is 0 Å². The maximum Gasteiger partial charge on any atom is 0.279 e. The van der Waals surface area contributed by atoms with Gasteiger partial charge in [-0.1, -0.05) is 36.8 Å². The summed E-state index contributed by atoms with van der Waals surface area (Å²) in [6.07, 6.45) is 0.676. The Hall–Kier alpha value is -4.12. The van der Waals surface area contributed by atoms with E-state index in [4.69, 9.17) is 0 Å². The minimum atomic E-state index is -4.47. The van der Waals surface area contributed by atoms with Gasteiger partial charge in [-0.3, -0.25) is 25.0 Å². The second-order valence-electron chi connectivity index (χ2n) is 7.56. The van der Waals surface area contributed by atoms with E-state index in [2.05, 4.69) is 0 Å². The number of nitro benzene ring substituents is 2. The topological polar surface area (TPSA) is 141 Å². The van der Waals surface area contributed by atoms with E-state index < -0.39 is 42.7 Å². The van der Waals surface area contributed by atoms with Crippen molar-refractivity contribution in [3.05, 3.63) is 103 Å². The van der Waals surface area contributed by atoms with Crippen LogP contribution in [-0.2, 0) is 16.4 Å². The molecular weight excluding hydrogens is 462 g/mol. The van der Waals surface area contributed by atoms with E-state index in [1.807, 2.05) is 6.92 Å². The van der Waals surface area contributed by atoms with E-state index in [1.54, 1.807) is 31.2 Å². The van der Waals surface area contributed by atoms with E-state index in [1.165, 1.54) is 31.2 Å². The molecule has 0 atom stereocenters. The Balaban J connectivity index is 2.26. The highest BCUT2D eigenvalue weighted by atomic mass is 32.2. The average Bonchev–Trinajstić information content (AvgIpc) is 2.79. The lowest BCUT2D eigenvalue weighted by Crippen LogP contribution is -2.37. The molecule has 11 heteroatoms. The van der Waals surface area contributed by atoms with Crippen LogP contribution >= 0.6 is 0 Å². The van der Waals surface area contributed by atoms with Crippen molar-refractivity contribution in [3.63, 3.8) is 0 Å². The molecule has 0 N–H and O–H groups in total. The molecule has 34 heavy (non-hydrogen) atoms. The van der Waals surface area contributed by atoms with Gasteiger partial charge >= 0.3 is 0 Å². The second kappa shape index (κ2) is 9.40. The Bertz CT molecular complexity index is 1350. The molecule has 0 heterocycles. The first kappa shape index (κ1) is 24.5. The monoisotopic (exact) mass is 483 g/mol. The number of nitro groups is 2. The number of amides is 1. The number of benzene rings is 3. The maximum absolute atomic E-state index is 13.6. The van der Waals surface area contributed by atoms with Crippen molar-refractivity contribution in [3.8, 4) is 0 Å². The lowest BCUT2D eigenvalue weighted by Gasteiger charge is -2.23. The summed E-state index contributed by atoms with van der Waals surface area (Å²) >= 11 is 0. The highest BCUT2D eigenvalue weighted by Gasteiger charge is 2.34. The van der Waals surface area contributed by atoms with Gasteiger partial charge in [0, 0.05) is 12.1 Å². The van der Waals surface area contributed by atoms with Crippen LogP contribution in [0.25, 0.3) is 0 Å². The summed E-state index contributed by atoms with van der Waals surface area (Å²) in [5.41, 5.74) is -0.378. The molecule has 176 valence electrons. The molecule has 0 fully saturated rings. The van der Waals surface area contributed by atoms with Crippen molar-refractivity contribution in [1.82, 2.24) is 0 Å². The van der Waals surface area contributed by atoms with Gasteiger partial charge in [0.15, 0.2) is 0 Å². The van der Waals surface area contributed by atoms with Crippen LogP contribution in [-0.4, -0.2) is 24.2 Å². The van der Waals surface area contributed by atoms with Crippen LogP contribution in [0.2, 0.25) is 0 Å². The molecule has 0 aliphatic heterocycles. The van der Waals surface area contributed by atoms with Crippen molar-refractivity contribution in [2.45, 2.75) is 32.1 Å². The molecule has 0 aliphatic carbocycles. The number of aryl methyl sites for hydroxylation is 2.